The van der Waals surface area contributed by atoms with Gasteiger partial charge >= 0.3 is 0 Å². The Morgan fingerprint density at radius 3 is 2.60 bits per heavy atom. The lowest BCUT2D eigenvalue weighted by atomic mass is 9.78. The van der Waals surface area contributed by atoms with Crippen LogP contribution < -0.4 is 10.2 Å². The summed E-state index contributed by atoms with van der Waals surface area (Å²) in [7, 11) is 0. The van der Waals surface area contributed by atoms with E-state index in [-0.39, 0.29) is 5.91 Å². The zero-order valence-electron chi connectivity index (χ0n) is 15.4. The molecule has 1 aromatic carbocycles. The summed E-state index contributed by atoms with van der Waals surface area (Å²) in [5, 5.41) is 4.08. The van der Waals surface area contributed by atoms with E-state index in [1.165, 1.54) is 12.8 Å². The van der Waals surface area contributed by atoms with E-state index in [4.69, 9.17) is 11.6 Å². The van der Waals surface area contributed by atoms with Crippen LogP contribution in [-0.2, 0) is 4.79 Å². The monoisotopic (exact) mass is 363 g/mol. The van der Waals surface area contributed by atoms with Crippen LogP contribution in [0.15, 0.2) is 24.3 Å². The van der Waals surface area contributed by atoms with Crippen LogP contribution in [0.2, 0.25) is 5.02 Å². The molecule has 1 aromatic rings. The molecule has 2 aliphatic rings. The topological polar surface area (TPSA) is 35.6 Å². The van der Waals surface area contributed by atoms with E-state index >= 15 is 0 Å². The molecule has 0 aromatic heterocycles. The molecule has 1 N–H and O–H groups in total. The summed E-state index contributed by atoms with van der Waals surface area (Å²) in [4.78, 5) is 17.0. The molecule has 1 saturated heterocycles. The molecule has 138 valence electrons. The van der Waals surface area contributed by atoms with Gasteiger partial charge in [0.15, 0.2) is 0 Å². The first-order valence-corrected chi connectivity index (χ1v) is 9.93. The number of anilines is 1. The van der Waals surface area contributed by atoms with Crippen LogP contribution in [0.5, 0.6) is 0 Å². The highest BCUT2D eigenvalue weighted by atomic mass is 35.5. The molecule has 1 aliphatic carbocycles. The first-order valence-electron chi connectivity index (χ1n) is 9.56. The van der Waals surface area contributed by atoms with E-state index in [0.29, 0.717) is 24.4 Å². The first-order chi connectivity index (χ1) is 12.0. The van der Waals surface area contributed by atoms with Crippen molar-refractivity contribution >= 4 is 23.2 Å². The number of hydrogen-bond donors (Lipinski definition) is 1. The quantitative estimate of drug-likeness (QED) is 0.890. The van der Waals surface area contributed by atoms with Gasteiger partial charge < -0.3 is 10.2 Å². The first kappa shape index (κ1) is 18.5. The zero-order chi connectivity index (χ0) is 17.8. The molecule has 0 radical (unpaired) electrons. The van der Waals surface area contributed by atoms with Crippen LogP contribution in [0, 0.1) is 11.8 Å². The van der Waals surface area contributed by atoms with Crippen molar-refractivity contribution in [2.24, 2.45) is 11.8 Å². The number of hydrogen-bond acceptors (Lipinski definition) is 3. The van der Waals surface area contributed by atoms with Crippen LogP contribution in [0.3, 0.4) is 0 Å². The van der Waals surface area contributed by atoms with Gasteiger partial charge in [-0.2, -0.15) is 0 Å². The molecular weight excluding hydrogens is 334 g/mol. The lowest BCUT2D eigenvalue weighted by Gasteiger charge is -2.37. The van der Waals surface area contributed by atoms with Crippen molar-refractivity contribution < 1.29 is 4.79 Å². The van der Waals surface area contributed by atoms with Gasteiger partial charge in [0.2, 0.25) is 5.91 Å². The maximum Gasteiger partial charge on any atom is 0.234 e. The van der Waals surface area contributed by atoms with Crippen molar-refractivity contribution in [3.63, 3.8) is 0 Å². The number of carbonyl (C=O) groups excluding carboxylic acids is 1. The highest BCUT2D eigenvalue weighted by Crippen LogP contribution is 2.29. The Morgan fingerprint density at radius 2 is 1.88 bits per heavy atom. The van der Waals surface area contributed by atoms with Gasteiger partial charge in [0.05, 0.1) is 17.3 Å². The van der Waals surface area contributed by atoms with Crippen molar-refractivity contribution in [1.82, 2.24) is 10.2 Å². The zero-order valence-corrected chi connectivity index (χ0v) is 16.1. The molecule has 5 heteroatoms. The molecule has 0 bridgehead atoms. The summed E-state index contributed by atoms with van der Waals surface area (Å²) in [6.07, 6.45) is 3.64. The minimum atomic E-state index is 0.178. The molecule has 25 heavy (non-hydrogen) atoms. The Bertz CT molecular complexity index is 586. The standard InChI is InChI=1S/C20H30ClN3O/c1-15-6-5-8-18(16(15)2)22-20(25)14-23-10-12-24(13-11-23)19-9-4-3-7-17(19)21/h3-4,7,9,15-16,18H,5-6,8,10-14H2,1-2H3,(H,22,25)/t15-,16+,18-/m0/s1. The fraction of sp³-hybridized carbons (Fsp3) is 0.650. The van der Waals surface area contributed by atoms with E-state index in [0.717, 1.165) is 43.3 Å². The van der Waals surface area contributed by atoms with E-state index in [9.17, 15) is 4.79 Å². The molecule has 1 heterocycles. The Labute approximate surface area is 156 Å². The van der Waals surface area contributed by atoms with Crippen LogP contribution in [-0.4, -0.2) is 49.6 Å². The van der Waals surface area contributed by atoms with Gasteiger partial charge in [0.1, 0.15) is 0 Å². The summed E-state index contributed by atoms with van der Waals surface area (Å²) in [5.74, 6) is 1.46. The largest absolute Gasteiger partial charge is 0.368 e. The third kappa shape index (κ3) is 4.68. The number of para-hydroxylation sites is 1. The van der Waals surface area contributed by atoms with Gasteiger partial charge in [0.25, 0.3) is 0 Å². The average Bonchev–Trinajstić information content (AvgIpc) is 2.60. The predicted molar refractivity (Wildman–Crippen MR) is 104 cm³/mol. The molecular formula is C20H30ClN3O. The summed E-state index contributed by atoms with van der Waals surface area (Å²) in [5.41, 5.74) is 1.10. The third-order valence-corrected chi connectivity index (χ3v) is 6.31. The predicted octanol–water partition coefficient (Wildman–Crippen LogP) is 3.40. The third-order valence-electron chi connectivity index (χ3n) is 5.99. The summed E-state index contributed by atoms with van der Waals surface area (Å²) >= 11 is 6.29. The van der Waals surface area contributed by atoms with Gasteiger partial charge in [-0.15, -0.1) is 0 Å². The Morgan fingerprint density at radius 1 is 1.16 bits per heavy atom. The Hall–Kier alpha value is -1.26. The van der Waals surface area contributed by atoms with Crippen molar-refractivity contribution in [1.29, 1.82) is 0 Å². The van der Waals surface area contributed by atoms with Gasteiger partial charge in [-0.1, -0.05) is 50.4 Å². The lowest BCUT2D eigenvalue weighted by Crippen LogP contribution is -2.52. The van der Waals surface area contributed by atoms with Crippen molar-refractivity contribution in [3.05, 3.63) is 29.3 Å². The Kier molecular flexibility index (Phi) is 6.24. The molecule has 2 fully saturated rings. The van der Waals surface area contributed by atoms with Crippen LogP contribution >= 0.6 is 11.6 Å². The summed E-state index contributed by atoms with van der Waals surface area (Å²) in [6, 6.07) is 8.33. The number of halogens is 1. The SMILES string of the molecule is C[C@H]1[C@@H](NC(=O)CN2CCN(c3ccccc3Cl)CC2)CCC[C@@H]1C. The van der Waals surface area contributed by atoms with Crippen molar-refractivity contribution in [3.8, 4) is 0 Å². The highest BCUT2D eigenvalue weighted by Gasteiger charge is 2.29. The molecule has 4 nitrogen and oxygen atoms in total. The van der Waals surface area contributed by atoms with Crippen molar-refractivity contribution in [2.75, 3.05) is 37.6 Å². The number of piperazine rings is 1. The highest BCUT2D eigenvalue weighted by molar-refractivity contribution is 6.33. The molecule has 0 spiro atoms. The van der Waals surface area contributed by atoms with Crippen LogP contribution in [0.1, 0.15) is 33.1 Å². The molecule has 0 unspecified atom stereocenters. The van der Waals surface area contributed by atoms with Crippen LogP contribution in [0.25, 0.3) is 0 Å². The Balaban J connectivity index is 1.46. The minimum absolute atomic E-state index is 0.178. The smallest absolute Gasteiger partial charge is 0.234 e. The van der Waals surface area contributed by atoms with E-state index in [1.54, 1.807) is 0 Å². The second-order valence-corrected chi connectivity index (χ2v) is 8.06. The number of nitrogens with zero attached hydrogens (tertiary/aromatic N) is 2. The second-order valence-electron chi connectivity index (χ2n) is 7.66. The fourth-order valence-electron chi connectivity index (χ4n) is 4.10. The van der Waals surface area contributed by atoms with Gasteiger partial charge in [-0.05, 0) is 30.4 Å². The number of amides is 1. The molecule has 3 rings (SSSR count). The van der Waals surface area contributed by atoms with E-state index in [2.05, 4.69) is 35.0 Å². The lowest BCUT2D eigenvalue weighted by molar-refractivity contribution is -0.123. The van der Waals surface area contributed by atoms with E-state index in [1.807, 2.05) is 18.2 Å². The number of benzene rings is 1. The number of rotatable bonds is 4. The second kappa shape index (κ2) is 8.41. The molecule has 1 saturated carbocycles. The molecule has 1 amide bonds. The molecule has 3 atom stereocenters. The summed E-state index contributed by atoms with van der Waals surface area (Å²) < 4.78 is 0. The maximum absolute atomic E-state index is 12.4. The van der Waals surface area contributed by atoms with Gasteiger partial charge in [-0.25, -0.2) is 0 Å². The maximum atomic E-state index is 12.4. The van der Waals surface area contributed by atoms with Crippen molar-refractivity contribution in [2.45, 2.75) is 39.2 Å². The number of carbonyl (C=O) groups is 1. The van der Waals surface area contributed by atoms with E-state index < -0.39 is 0 Å². The molecule has 1 aliphatic heterocycles. The number of nitrogens with one attached hydrogen (secondary N) is 1. The van der Waals surface area contributed by atoms with Gasteiger partial charge in [-0.3, -0.25) is 9.69 Å². The average molecular weight is 364 g/mol. The minimum Gasteiger partial charge on any atom is -0.368 e. The fourth-order valence-corrected chi connectivity index (χ4v) is 4.35. The van der Waals surface area contributed by atoms with Gasteiger partial charge in [0, 0.05) is 32.2 Å². The van der Waals surface area contributed by atoms with Crippen LogP contribution in [0.4, 0.5) is 5.69 Å². The summed E-state index contributed by atoms with van der Waals surface area (Å²) in [6.45, 7) is 8.70. The normalized spacial score (nSPS) is 28.0.